The van der Waals surface area contributed by atoms with Gasteiger partial charge in [0.1, 0.15) is 11.5 Å². The summed E-state index contributed by atoms with van der Waals surface area (Å²) in [6.07, 6.45) is -2.18. The number of ketones is 1. The van der Waals surface area contributed by atoms with Crippen LogP contribution in [0.2, 0.25) is 0 Å². The quantitative estimate of drug-likeness (QED) is 0.347. The minimum absolute atomic E-state index is 0.182. The Morgan fingerprint density at radius 1 is 1.23 bits per heavy atom. The molecular weight excluding hydrogens is 415 g/mol. The highest BCUT2D eigenvalue weighted by Crippen LogP contribution is 2.36. The predicted molar refractivity (Wildman–Crippen MR) is 105 cm³/mol. The Morgan fingerprint density at radius 2 is 2.00 bits per heavy atom. The minimum Gasteiger partial charge on any atom is -0.365 e. The third-order valence-corrected chi connectivity index (χ3v) is 5.46. The summed E-state index contributed by atoms with van der Waals surface area (Å²) < 4.78 is 40.8. The van der Waals surface area contributed by atoms with Gasteiger partial charge < -0.3 is 4.90 Å². The Hall–Kier alpha value is -3.50. The molecule has 8 nitrogen and oxygen atoms in total. The van der Waals surface area contributed by atoms with E-state index in [2.05, 4.69) is 10.2 Å². The van der Waals surface area contributed by atoms with Crippen LogP contribution in [0, 0.1) is 10.1 Å². The van der Waals surface area contributed by atoms with Gasteiger partial charge in [0.2, 0.25) is 0 Å². The summed E-state index contributed by atoms with van der Waals surface area (Å²) in [6.45, 7) is 2.21. The van der Waals surface area contributed by atoms with E-state index in [9.17, 15) is 28.1 Å². The first kappa shape index (κ1) is 20.8. The van der Waals surface area contributed by atoms with Gasteiger partial charge in [-0.25, -0.2) is 0 Å². The summed E-state index contributed by atoms with van der Waals surface area (Å²) in [7, 11) is 0. The zero-order chi connectivity index (χ0) is 22.3. The number of rotatable bonds is 4. The molecule has 0 saturated carbocycles. The van der Waals surface area contributed by atoms with Gasteiger partial charge in [0.05, 0.1) is 10.5 Å². The number of benzene rings is 1. The highest BCUT2D eigenvalue weighted by Gasteiger charge is 2.33. The fourth-order valence-electron chi connectivity index (χ4n) is 3.92. The number of piperidine rings is 1. The predicted octanol–water partition coefficient (Wildman–Crippen LogP) is 4.24. The molecule has 0 aliphatic carbocycles. The molecule has 4 rings (SSSR count). The van der Waals surface area contributed by atoms with E-state index < -0.39 is 16.7 Å². The molecule has 1 aliphatic rings. The Kier molecular flexibility index (Phi) is 5.11. The highest BCUT2D eigenvalue weighted by molar-refractivity contribution is 5.95. The second-order valence-electron chi connectivity index (χ2n) is 7.50. The number of hydrogen-bond donors (Lipinski definition) is 0. The first-order valence-corrected chi connectivity index (χ1v) is 9.61. The average molecular weight is 433 g/mol. The van der Waals surface area contributed by atoms with Gasteiger partial charge in [-0.1, -0.05) is 0 Å². The molecule has 11 heteroatoms. The zero-order valence-electron chi connectivity index (χ0n) is 16.5. The van der Waals surface area contributed by atoms with Gasteiger partial charge in [0.15, 0.2) is 11.4 Å². The number of aromatic nitrogens is 3. The van der Waals surface area contributed by atoms with E-state index in [0.29, 0.717) is 43.1 Å². The third kappa shape index (κ3) is 3.94. The van der Waals surface area contributed by atoms with E-state index >= 15 is 0 Å². The van der Waals surface area contributed by atoms with Crippen LogP contribution in [-0.2, 0) is 6.18 Å². The van der Waals surface area contributed by atoms with Gasteiger partial charge in [0, 0.05) is 36.8 Å². The highest BCUT2D eigenvalue weighted by atomic mass is 19.4. The van der Waals surface area contributed by atoms with Crippen molar-refractivity contribution < 1.29 is 22.9 Å². The molecule has 1 aromatic carbocycles. The smallest absolute Gasteiger partial charge is 0.365 e. The van der Waals surface area contributed by atoms with Crippen LogP contribution in [0.1, 0.15) is 47.4 Å². The Morgan fingerprint density at radius 3 is 2.68 bits per heavy atom. The number of carbonyl (C=O) groups is 1. The molecule has 0 N–H and O–H groups in total. The molecule has 1 atom stereocenters. The number of nitro groups is 1. The van der Waals surface area contributed by atoms with Crippen LogP contribution in [0.15, 0.2) is 36.5 Å². The van der Waals surface area contributed by atoms with Crippen molar-refractivity contribution in [1.82, 2.24) is 14.6 Å². The van der Waals surface area contributed by atoms with Crippen LogP contribution in [0.4, 0.5) is 24.5 Å². The van der Waals surface area contributed by atoms with Crippen molar-refractivity contribution in [3.8, 4) is 0 Å². The van der Waals surface area contributed by atoms with Crippen molar-refractivity contribution >= 4 is 22.8 Å². The number of pyridine rings is 1. The number of alkyl halides is 3. The maximum Gasteiger partial charge on any atom is 0.417 e. The molecule has 1 aliphatic heterocycles. The summed E-state index contributed by atoms with van der Waals surface area (Å²) in [6, 6.07) is 6.56. The molecule has 0 amide bonds. The first-order valence-electron chi connectivity index (χ1n) is 9.61. The lowest BCUT2D eigenvalue weighted by molar-refractivity contribution is -0.384. The number of nitrogens with zero attached hydrogens (tertiary/aromatic N) is 5. The largest absolute Gasteiger partial charge is 0.417 e. The number of Topliss-reactive ketones (excluding diaryl/α,β-unsaturated/α-hetero) is 1. The first-order chi connectivity index (χ1) is 14.6. The Labute approximate surface area is 174 Å². The molecule has 1 fully saturated rings. The lowest BCUT2D eigenvalue weighted by atomic mass is 9.96. The molecule has 3 heterocycles. The second-order valence-corrected chi connectivity index (χ2v) is 7.50. The lowest BCUT2D eigenvalue weighted by Gasteiger charge is -2.33. The van der Waals surface area contributed by atoms with Gasteiger partial charge in [-0.15, -0.1) is 10.2 Å². The number of anilines is 1. The number of halogens is 3. The van der Waals surface area contributed by atoms with E-state index in [0.717, 1.165) is 12.3 Å². The van der Waals surface area contributed by atoms with Crippen LogP contribution in [0.3, 0.4) is 0 Å². The molecule has 1 unspecified atom stereocenters. The second kappa shape index (κ2) is 7.64. The minimum atomic E-state index is -4.49. The monoisotopic (exact) mass is 433 g/mol. The van der Waals surface area contributed by atoms with Gasteiger partial charge >= 0.3 is 6.18 Å². The SMILES string of the molecule is CC(=O)c1ccc(N2CCCC(c3nnc4ccc(C(F)(F)F)cn34)C2)c([N+](=O)[O-])c1. The van der Waals surface area contributed by atoms with Crippen LogP contribution >= 0.6 is 0 Å². The molecule has 0 spiro atoms. The molecule has 162 valence electrons. The van der Waals surface area contributed by atoms with Crippen molar-refractivity contribution in [2.24, 2.45) is 0 Å². The molecular formula is C20H18F3N5O3. The van der Waals surface area contributed by atoms with E-state index in [-0.39, 0.29) is 23.0 Å². The van der Waals surface area contributed by atoms with E-state index in [1.165, 1.54) is 29.5 Å². The number of nitro benzene ring substituents is 1. The van der Waals surface area contributed by atoms with Crippen molar-refractivity contribution in [1.29, 1.82) is 0 Å². The van der Waals surface area contributed by atoms with Crippen molar-refractivity contribution in [3.05, 3.63) is 63.6 Å². The third-order valence-electron chi connectivity index (χ3n) is 5.46. The Balaban J connectivity index is 1.69. The van der Waals surface area contributed by atoms with Crippen molar-refractivity contribution in [2.45, 2.75) is 31.9 Å². The van der Waals surface area contributed by atoms with Crippen LogP contribution < -0.4 is 4.90 Å². The molecule has 2 aromatic heterocycles. The maximum absolute atomic E-state index is 13.1. The normalized spacial score (nSPS) is 17.2. The molecule has 0 bridgehead atoms. The topological polar surface area (TPSA) is 93.6 Å². The fourth-order valence-corrected chi connectivity index (χ4v) is 3.92. The molecule has 31 heavy (non-hydrogen) atoms. The van der Waals surface area contributed by atoms with Crippen molar-refractivity contribution in [2.75, 3.05) is 18.0 Å². The van der Waals surface area contributed by atoms with Gasteiger partial charge in [-0.2, -0.15) is 13.2 Å². The standard InChI is InChI=1S/C20H18F3N5O3/c1-12(29)13-4-6-16(17(9-13)28(30)31)26-8-2-3-14(10-26)19-25-24-18-7-5-15(11-27(18)19)20(21,22)23/h4-7,9,11,14H,2-3,8,10H2,1H3. The van der Waals surface area contributed by atoms with Crippen molar-refractivity contribution in [3.63, 3.8) is 0 Å². The van der Waals surface area contributed by atoms with Crippen LogP contribution in [0.25, 0.3) is 5.65 Å². The number of hydrogen-bond acceptors (Lipinski definition) is 6. The summed E-state index contributed by atoms with van der Waals surface area (Å²) in [4.78, 5) is 24.5. The van der Waals surface area contributed by atoms with E-state index in [1.54, 1.807) is 6.07 Å². The summed E-state index contributed by atoms with van der Waals surface area (Å²) >= 11 is 0. The van der Waals surface area contributed by atoms with E-state index in [4.69, 9.17) is 0 Å². The average Bonchev–Trinajstić information content (AvgIpc) is 3.16. The van der Waals surface area contributed by atoms with Gasteiger partial charge in [-0.3, -0.25) is 19.3 Å². The van der Waals surface area contributed by atoms with Gasteiger partial charge in [-0.05, 0) is 44.0 Å². The zero-order valence-corrected chi connectivity index (χ0v) is 16.5. The number of carbonyl (C=O) groups excluding carboxylic acids is 1. The number of fused-ring (bicyclic) bond motifs is 1. The summed E-state index contributed by atoms with van der Waals surface area (Å²) in [5.41, 5.74) is -0.0726. The molecule has 0 radical (unpaired) electrons. The van der Waals surface area contributed by atoms with Crippen LogP contribution in [-0.4, -0.2) is 38.4 Å². The lowest BCUT2D eigenvalue weighted by Crippen LogP contribution is -2.35. The molecule has 1 saturated heterocycles. The maximum atomic E-state index is 13.1. The molecule has 3 aromatic rings. The fraction of sp³-hybridized carbons (Fsp3) is 0.350. The van der Waals surface area contributed by atoms with Crippen LogP contribution in [0.5, 0.6) is 0 Å². The van der Waals surface area contributed by atoms with E-state index in [1.807, 2.05) is 4.90 Å². The summed E-state index contributed by atoms with van der Waals surface area (Å²) in [5.74, 6) is -0.158. The Bertz CT molecular complexity index is 1170. The van der Waals surface area contributed by atoms with Gasteiger partial charge in [0.25, 0.3) is 5.69 Å². The summed E-state index contributed by atoms with van der Waals surface area (Å²) in [5, 5.41) is 19.7.